The van der Waals surface area contributed by atoms with Gasteiger partial charge in [0.05, 0.1) is 10.0 Å². The third-order valence-electron chi connectivity index (χ3n) is 0.982. The number of hydrogen-bond acceptors (Lipinski definition) is 1. The van der Waals surface area contributed by atoms with Gasteiger partial charge in [0.25, 0.3) is 0 Å². The molecule has 0 spiro atoms. The number of benzene rings is 1. The monoisotopic (exact) mass is 220 g/mol. The fraction of sp³-hybridized carbons (Fsp3) is 0. The van der Waals surface area contributed by atoms with Gasteiger partial charge in [0.2, 0.25) is 0 Å². The van der Waals surface area contributed by atoms with Gasteiger partial charge in [-0.2, -0.15) is 0 Å². The average Bonchev–Trinajstić information content (AvgIpc) is 1.82. The number of rotatable bonds is 0. The summed E-state index contributed by atoms with van der Waals surface area (Å²) in [6.07, 6.45) is 0. The van der Waals surface area contributed by atoms with E-state index in [9.17, 15) is 0 Å². The molecule has 0 fully saturated rings. The van der Waals surface area contributed by atoms with E-state index in [1.165, 1.54) is 12.1 Å². The zero-order chi connectivity index (χ0) is 7.72. The molecule has 0 aliphatic rings. The second-order valence-electron chi connectivity index (χ2n) is 1.72. The number of aromatic hydroxyl groups is 1. The molecule has 0 bridgehead atoms. The summed E-state index contributed by atoms with van der Waals surface area (Å²) in [6.45, 7) is 0. The van der Waals surface area contributed by atoms with Crippen LogP contribution in [0.3, 0.4) is 0 Å². The van der Waals surface area contributed by atoms with Crippen LogP contribution in [0.4, 0.5) is 0 Å². The van der Waals surface area contributed by atoms with Crippen LogP contribution in [0.5, 0.6) is 5.75 Å². The third kappa shape index (κ3) is 3.02. The zero-order valence-corrected chi connectivity index (χ0v) is 7.00. The van der Waals surface area contributed by atoms with Gasteiger partial charge in [-0.3, -0.25) is 0 Å². The molecule has 1 nitrogen and oxygen atoms in total. The summed E-state index contributed by atoms with van der Waals surface area (Å²) < 4.78 is 0. The Hall–Kier alpha value is 0.890. The fourth-order valence-corrected chi connectivity index (χ4v) is 1.35. The van der Waals surface area contributed by atoms with Crippen LogP contribution >= 0.6 is 34.8 Å². The molecule has 0 saturated carbocycles. The quantitative estimate of drug-likeness (QED) is 0.668. The van der Waals surface area contributed by atoms with E-state index in [-0.39, 0.29) is 45.4 Å². The van der Waals surface area contributed by atoms with Crippen molar-refractivity contribution in [2.24, 2.45) is 0 Å². The molecule has 1 rings (SSSR count). The van der Waals surface area contributed by atoms with Crippen LogP contribution in [-0.2, 0) is 0 Å². The molecule has 1 N–H and O–H groups in total. The van der Waals surface area contributed by atoms with Crippen molar-refractivity contribution in [1.29, 1.82) is 0 Å². The molecular weight excluding hydrogens is 217 g/mol. The van der Waals surface area contributed by atoms with Gasteiger partial charge < -0.3 is 5.11 Å². The van der Waals surface area contributed by atoms with Crippen LogP contribution in [0, 0.1) is 0 Å². The molecule has 0 aliphatic carbocycles. The first-order chi connectivity index (χ1) is 4.61. The van der Waals surface area contributed by atoms with Gasteiger partial charge in [-0.15, -0.1) is 0 Å². The number of phenols is 1. The molecule has 11 heavy (non-hydrogen) atoms. The summed E-state index contributed by atoms with van der Waals surface area (Å²) in [5.74, 6) is -0.132. The molecule has 0 atom stereocenters. The summed E-state index contributed by atoms with van der Waals surface area (Å²) in [6, 6.07) is 2.84. The molecule has 0 unspecified atom stereocenters. The molecule has 0 amide bonds. The first kappa shape index (κ1) is 11.9. The van der Waals surface area contributed by atoms with Crippen LogP contribution in [-0.4, -0.2) is 34.7 Å². The molecule has 1 aromatic rings. The molecule has 0 heterocycles. The van der Waals surface area contributed by atoms with Crippen molar-refractivity contribution in [2.45, 2.75) is 0 Å². The Morgan fingerprint density at radius 3 is 1.73 bits per heavy atom. The van der Waals surface area contributed by atoms with Crippen molar-refractivity contribution in [3.05, 3.63) is 27.2 Å². The Labute approximate surface area is 102 Å². The fourth-order valence-electron chi connectivity index (χ4n) is 0.535. The molecule has 0 saturated heterocycles. The normalized spacial score (nSPS) is 9.00. The van der Waals surface area contributed by atoms with Crippen LogP contribution in [0.1, 0.15) is 0 Å². The van der Waals surface area contributed by atoms with Crippen molar-refractivity contribution in [1.82, 2.24) is 0 Å². The molecule has 0 aliphatic heterocycles. The van der Waals surface area contributed by atoms with E-state index in [4.69, 9.17) is 39.9 Å². The Balaban J connectivity index is 0.000001000. The van der Waals surface area contributed by atoms with Crippen LogP contribution in [0.15, 0.2) is 12.1 Å². The number of halogens is 3. The average molecular weight is 221 g/mol. The van der Waals surface area contributed by atoms with E-state index in [1.807, 2.05) is 0 Å². The summed E-state index contributed by atoms with van der Waals surface area (Å²) in [4.78, 5) is 0. The summed E-state index contributed by atoms with van der Waals surface area (Å²) in [5.41, 5.74) is 0. The summed E-state index contributed by atoms with van der Waals surface area (Å²) in [7, 11) is 0. The van der Waals surface area contributed by atoms with Crippen molar-refractivity contribution in [2.75, 3.05) is 0 Å². The van der Waals surface area contributed by atoms with Gasteiger partial charge in [-0.05, 0) is 12.1 Å². The van der Waals surface area contributed by atoms with Gasteiger partial charge >= 0.3 is 29.6 Å². The van der Waals surface area contributed by atoms with Gasteiger partial charge in [0.15, 0.2) is 5.75 Å². The van der Waals surface area contributed by atoms with Crippen molar-refractivity contribution in [3.63, 3.8) is 0 Å². The van der Waals surface area contributed by atoms with E-state index in [0.717, 1.165) is 0 Å². The summed E-state index contributed by atoms with van der Waals surface area (Å²) >= 11 is 16.5. The maximum absolute atomic E-state index is 9.01. The number of phenolic OH excluding ortho intramolecular Hbond substituents is 1. The van der Waals surface area contributed by atoms with E-state index in [2.05, 4.69) is 0 Å². The molecule has 5 heteroatoms. The summed E-state index contributed by atoms with van der Waals surface area (Å²) in [5, 5.41) is 9.75. The number of hydrogen-bond donors (Lipinski definition) is 1. The third-order valence-corrected chi connectivity index (χ3v) is 1.78. The van der Waals surface area contributed by atoms with E-state index < -0.39 is 0 Å². The van der Waals surface area contributed by atoms with Crippen molar-refractivity contribution in [3.8, 4) is 5.75 Å². The van der Waals surface area contributed by atoms with Crippen molar-refractivity contribution >= 4 is 64.4 Å². The minimum absolute atomic E-state index is 0. The van der Waals surface area contributed by atoms with Gasteiger partial charge in [-0.25, -0.2) is 0 Å². The predicted molar refractivity (Wildman–Crippen MR) is 50.3 cm³/mol. The first-order valence-corrected chi connectivity index (χ1v) is 3.58. The van der Waals surface area contributed by atoms with E-state index >= 15 is 0 Å². The Morgan fingerprint density at radius 2 is 1.36 bits per heavy atom. The Morgan fingerprint density at radius 1 is 1.00 bits per heavy atom. The topological polar surface area (TPSA) is 20.2 Å². The van der Waals surface area contributed by atoms with Crippen molar-refractivity contribution < 1.29 is 5.11 Å². The van der Waals surface area contributed by atoms with E-state index in [0.29, 0.717) is 5.02 Å². The minimum atomic E-state index is -0.132. The molecule has 1 aromatic carbocycles. The second-order valence-corrected chi connectivity index (χ2v) is 2.97. The molecule has 0 radical (unpaired) electrons. The Kier molecular flexibility index (Phi) is 5.19. The van der Waals surface area contributed by atoms with E-state index in [1.54, 1.807) is 0 Å². The van der Waals surface area contributed by atoms with Gasteiger partial charge in [0.1, 0.15) is 0 Å². The maximum atomic E-state index is 9.01. The van der Waals surface area contributed by atoms with Crippen LogP contribution in [0.2, 0.25) is 15.1 Å². The van der Waals surface area contributed by atoms with Gasteiger partial charge in [-0.1, -0.05) is 34.8 Å². The predicted octanol–water partition coefficient (Wildman–Crippen LogP) is 2.70. The second kappa shape index (κ2) is 4.80. The molecule has 56 valence electrons. The molecular formula is C6H4Cl3NaO. The Bertz CT molecular complexity index is 241. The van der Waals surface area contributed by atoms with Crippen LogP contribution < -0.4 is 0 Å². The first-order valence-electron chi connectivity index (χ1n) is 2.45. The molecule has 0 aromatic heterocycles. The van der Waals surface area contributed by atoms with Crippen LogP contribution in [0.25, 0.3) is 0 Å². The standard InChI is InChI=1S/C6H3Cl3O.Na.H/c7-3-1-4(8)6(10)5(9)2-3;;/h1-2,10H;;. The zero-order valence-electron chi connectivity index (χ0n) is 4.74. The van der Waals surface area contributed by atoms with Gasteiger partial charge in [0, 0.05) is 5.02 Å². The SMILES string of the molecule is Oc1c(Cl)cc(Cl)cc1Cl.[NaH].